The minimum Gasteiger partial charge on any atom is -0.490 e. The Bertz CT molecular complexity index is 627. The van der Waals surface area contributed by atoms with Gasteiger partial charge in [0.15, 0.2) is 0 Å². The molecule has 0 aliphatic rings. The van der Waals surface area contributed by atoms with Crippen molar-refractivity contribution in [3.05, 3.63) is 45.8 Å². The van der Waals surface area contributed by atoms with E-state index in [1.807, 2.05) is 13.0 Å². The molecule has 0 atom stereocenters. The SMILES string of the molecule is COc1c(-c2c(C)cc(C)cc2F)nc[nH]c1=O. The van der Waals surface area contributed by atoms with Crippen LogP contribution in [0.3, 0.4) is 0 Å². The van der Waals surface area contributed by atoms with Crippen LogP contribution in [-0.2, 0) is 0 Å². The lowest BCUT2D eigenvalue weighted by molar-refractivity contribution is 0.407. The Labute approximate surface area is 103 Å². The fraction of sp³-hybridized carbons (Fsp3) is 0.231. The minimum absolute atomic E-state index is 0.0170. The topological polar surface area (TPSA) is 55.0 Å². The van der Waals surface area contributed by atoms with Gasteiger partial charge in [0.05, 0.1) is 13.4 Å². The fourth-order valence-electron chi connectivity index (χ4n) is 1.97. The number of methoxy groups -OCH3 is 1. The molecule has 1 aromatic carbocycles. The molecular formula is C13H13FN2O2. The third kappa shape index (κ3) is 1.99. The summed E-state index contributed by atoms with van der Waals surface area (Å²) in [5.41, 5.74) is 1.61. The first-order valence-electron chi connectivity index (χ1n) is 5.43. The van der Waals surface area contributed by atoms with E-state index in [4.69, 9.17) is 4.74 Å². The van der Waals surface area contributed by atoms with Gasteiger partial charge in [-0.05, 0) is 31.0 Å². The van der Waals surface area contributed by atoms with E-state index < -0.39 is 11.4 Å². The van der Waals surface area contributed by atoms with Gasteiger partial charge in [0.2, 0.25) is 5.75 Å². The first-order chi connectivity index (χ1) is 8.54. The summed E-state index contributed by atoms with van der Waals surface area (Å²) in [5.74, 6) is -0.396. The second-order valence-electron chi connectivity index (χ2n) is 4.05. The third-order valence-corrected chi connectivity index (χ3v) is 2.68. The number of hydrogen-bond donors (Lipinski definition) is 1. The highest BCUT2D eigenvalue weighted by Gasteiger charge is 2.17. The van der Waals surface area contributed by atoms with Gasteiger partial charge in [-0.15, -0.1) is 0 Å². The van der Waals surface area contributed by atoms with Crippen molar-refractivity contribution >= 4 is 0 Å². The molecule has 2 rings (SSSR count). The highest BCUT2D eigenvalue weighted by Crippen LogP contribution is 2.30. The number of H-pyrrole nitrogens is 1. The molecule has 5 heteroatoms. The van der Waals surface area contributed by atoms with E-state index in [-0.39, 0.29) is 11.4 Å². The number of benzene rings is 1. The second-order valence-corrected chi connectivity index (χ2v) is 4.05. The molecule has 0 unspecified atom stereocenters. The zero-order valence-electron chi connectivity index (χ0n) is 10.4. The van der Waals surface area contributed by atoms with E-state index >= 15 is 0 Å². The zero-order chi connectivity index (χ0) is 13.3. The standard InChI is InChI=1S/C13H13FN2O2/c1-7-4-8(2)10(9(14)5-7)11-12(18-3)13(17)16-6-15-11/h4-6H,1-3H3,(H,15,16,17). The number of aryl methyl sites for hydroxylation is 2. The Morgan fingerprint density at radius 2 is 2.06 bits per heavy atom. The molecule has 18 heavy (non-hydrogen) atoms. The lowest BCUT2D eigenvalue weighted by Crippen LogP contribution is -2.12. The van der Waals surface area contributed by atoms with E-state index in [9.17, 15) is 9.18 Å². The molecule has 2 aromatic rings. The zero-order valence-corrected chi connectivity index (χ0v) is 10.4. The monoisotopic (exact) mass is 248 g/mol. The lowest BCUT2D eigenvalue weighted by atomic mass is 10.0. The van der Waals surface area contributed by atoms with Crippen molar-refractivity contribution in [1.82, 2.24) is 9.97 Å². The summed E-state index contributed by atoms with van der Waals surface area (Å²) in [6.07, 6.45) is 1.24. The maximum Gasteiger partial charge on any atom is 0.293 e. The van der Waals surface area contributed by atoms with Crippen LogP contribution < -0.4 is 10.3 Å². The quantitative estimate of drug-likeness (QED) is 0.886. The summed E-state index contributed by atoms with van der Waals surface area (Å²) in [5, 5.41) is 0. The van der Waals surface area contributed by atoms with Crippen LogP contribution >= 0.6 is 0 Å². The molecule has 4 nitrogen and oxygen atoms in total. The van der Waals surface area contributed by atoms with Crippen LogP contribution in [0.2, 0.25) is 0 Å². The Morgan fingerprint density at radius 1 is 1.33 bits per heavy atom. The molecule has 0 aliphatic carbocycles. The largest absolute Gasteiger partial charge is 0.490 e. The van der Waals surface area contributed by atoms with Crippen molar-refractivity contribution in [3.8, 4) is 17.0 Å². The van der Waals surface area contributed by atoms with Crippen LogP contribution in [0, 0.1) is 19.7 Å². The van der Waals surface area contributed by atoms with E-state index in [1.165, 1.54) is 19.5 Å². The molecule has 0 amide bonds. The Kier molecular flexibility index (Phi) is 3.14. The van der Waals surface area contributed by atoms with Gasteiger partial charge in [-0.3, -0.25) is 4.79 Å². The molecule has 0 saturated carbocycles. The van der Waals surface area contributed by atoms with Gasteiger partial charge < -0.3 is 9.72 Å². The number of aromatic nitrogens is 2. The molecule has 1 aromatic heterocycles. The van der Waals surface area contributed by atoms with Gasteiger partial charge in [0.25, 0.3) is 5.56 Å². The third-order valence-electron chi connectivity index (χ3n) is 2.68. The maximum atomic E-state index is 14.0. The number of aromatic amines is 1. The average Bonchev–Trinajstić information content (AvgIpc) is 2.27. The van der Waals surface area contributed by atoms with Gasteiger partial charge in [-0.2, -0.15) is 0 Å². The number of hydrogen-bond acceptors (Lipinski definition) is 3. The predicted molar refractivity (Wildman–Crippen MR) is 66.3 cm³/mol. The normalized spacial score (nSPS) is 10.4. The fourth-order valence-corrected chi connectivity index (χ4v) is 1.97. The van der Waals surface area contributed by atoms with Crippen LogP contribution in [-0.4, -0.2) is 17.1 Å². The first-order valence-corrected chi connectivity index (χ1v) is 5.43. The lowest BCUT2D eigenvalue weighted by Gasteiger charge is -2.10. The van der Waals surface area contributed by atoms with E-state index in [2.05, 4.69) is 9.97 Å². The van der Waals surface area contributed by atoms with Gasteiger partial charge in [0.1, 0.15) is 11.5 Å². The van der Waals surface area contributed by atoms with Crippen LogP contribution in [0.15, 0.2) is 23.3 Å². The first kappa shape index (κ1) is 12.3. The predicted octanol–water partition coefficient (Wildman–Crippen LogP) is 2.20. The van der Waals surface area contributed by atoms with Gasteiger partial charge in [-0.1, -0.05) is 6.07 Å². The Morgan fingerprint density at radius 3 is 2.67 bits per heavy atom. The number of rotatable bonds is 2. The summed E-state index contributed by atoms with van der Waals surface area (Å²) in [7, 11) is 1.36. The minimum atomic E-state index is -0.429. The molecule has 0 spiro atoms. The number of nitrogens with zero attached hydrogens (tertiary/aromatic N) is 1. The van der Waals surface area contributed by atoms with Gasteiger partial charge in [-0.25, -0.2) is 9.37 Å². The number of ether oxygens (including phenoxy) is 1. The number of nitrogens with one attached hydrogen (secondary N) is 1. The summed E-state index contributed by atoms with van der Waals surface area (Å²) in [6, 6.07) is 3.24. The van der Waals surface area contributed by atoms with Crippen LogP contribution in [0.1, 0.15) is 11.1 Å². The van der Waals surface area contributed by atoms with Gasteiger partial charge >= 0.3 is 0 Å². The van der Waals surface area contributed by atoms with Crippen molar-refractivity contribution < 1.29 is 9.13 Å². The Hall–Kier alpha value is -2.17. The molecule has 0 radical (unpaired) electrons. The molecule has 0 bridgehead atoms. The number of halogens is 1. The van der Waals surface area contributed by atoms with Crippen molar-refractivity contribution in [2.24, 2.45) is 0 Å². The molecule has 94 valence electrons. The Balaban J connectivity index is 2.78. The average molecular weight is 248 g/mol. The van der Waals surface area contributed by atoms with Crippen LogP contribution in [0.25, 0.3) is 11.3 Å². The molecule has 0 aliphatic heterocycles. The highest BCUT2D eigenvalue weighted by atomic mass is 19.1. The van der Waals surface area contributed by atoms with Crippen molar-refractivity contribution in [2.75, 3.05) is 7.11 Å². The smallest absolute Gasteiger partial charge is 0.293 e. The summed E-state index contributed by atoms with van der Waals surface area (Å²) >= 11 is 0. The maximum absolute atomic E-state index is 14.0. The molecule has 1 heterocycles. The van der Waals surface area contributed by atoms with Crippen LogP contribution in [0.5, 0.6) is 5.75 Å². The molecule has 0 saturated heterocycles. The van der Waals surface area contributed by atoms with E-state index in [0.29, 0.717) is 11.1 Å². The van der Waals surface area contributed by atoms with Crippen LogP contribution in [0.4, 0.5) is 4.39 Å². The second kappa shape index (κ2) is 4.60. The highest BCUT2D eigenvalue weighted by molar-refractivity contribution is 5.69. The van der Waals surface area contributed by atoms with Crippen molar-refractivity contribution in [1.29, 1.82) is 0 Å². The summed E-state index contributed by atoms with van der Waals surface area (Å²) in [6.45, 7) is 3.58. The molecule has 1 N–H and O–H groups in total. The molecular weight excluding hydrogens is 235 g/mol. The summed E-state index contributed by atoms with van der Waals surface area (Å²) in [4.78, 5) is 18.0. The van der Waals surface area contributed by atoms with Gasteiger partial charge in [0, 0.05) is 5.56 Å². The van der Waals surface area contributed by atoms with E-state index in [0.717, 1.165) is 5.56 Å². The summed E-state index contributed by atoms with van der Waals surface area (Å²) < 4.78 is 19.0. The van der Waals surface area contributed by atoms with E-state index in [1.54, 1.807) is 6.92 Å². The van der Waals surface area contributed by atoms with Crippen molar-refractivity contribution in [2.45, 2.75) is 13.8 Å². The molecule has 0 fully saturated rings. The van der Waals surface area contributed by atoms with Crippen molar-refractivity contribution in [3.63, 3.8) is 0 Å².